The normalized spacial score (nSPS) is 11.8. The quantitative estimate of drug-likeness (QED) is 0.395. The predicted molar refractivity (Wildman–Crippen MR) is 117 cm³/mol. The largest absolute Gasteiger partial charge is 0.483 e. The number of carbonyl (C=O) groups is 1. The molecule has 4 rings (SSSR count). The summed E-state index contributed by atoms with van der Waals surface area (Å²) in [7, 11) is 0. The fourth-order valence-corrected chi connectivity index (χ4v) is 3.75. The predicted octanol–water partition coefficient (Wildman–Crippen LogP) is 4.40. The van der Waals surface area contributed by atoms with E-state index in [0.717, 1.165) is 5.69 Å². The highest BCUT2D eigenvalue weighted by atomic mass is 32.2. The molecule has 8 nitrogen and oxygen atoms in total. The minimum Gasteiger partial charge on any atom is -0.483 e. The number of carbonyl (C=O) groups excluding carboxylic acids is 1. The highest BCUT2D eigenvalue weighted by Crippen LogP contribution is 2.27. The summed E-state index contributed by atoms with van der Waals surface area (Å²) >= 11 is 1.23. The molecule has 1 N–H and O–H groups in total. The summed E-state index contributed by atoms with van der Waals surface area (Å²) in [6, 6.07) is 17.2. The van der Waals surface area contributed by atoms with E-state index in [-0.39, 0.29) is 24.1 Å². The van der Waals surface area contributed by atoms with Gasteiger partial charge in [0.05, 0.1) is 10.9 Å². The number of anilines is 1. The highest BCUT2D eigenvalue weighted by Gasteiger charge is 2.22. The molecule has 0 aliphatic carbocycles. The summed E-state index contributed by atoms with van der Waals surface area (Å²) in [4.78, 5) is 12.6. The third-order valence-electron chi connectivity index (χ3n) is 4.43. The Morgan fingerprint density at radius 1 is 1.19 bits per heavy atom. The molecule has 2 heterocycles. The van der Waals surface area contributed by atoms with Crippen LogP contribution >= 0.6 is 11.8 Å². The lowest BCUT2D eigenvalue weighted by Gasteiger charge is -2.13. The van der Waals surface area contributed by atoms with Crippen molar-refractivity contribution < 1.29 is 18.4 Å². The third-order valence-corrected chi connectivity index (χ3v) is 5.48. The Balaban J connectivity index is 1.55. The van der Waals surface area contributed by atoms with Gasteiger partial charge in [-0.15, -0.1) is 10.2 Å². The molecule has 2 aromatic carbocycles. The monoisotopic (exact) mass is 453 g/mol. The molecule has 0 spiro atoms. The van der Waals surface area contributed by atoms with Gasteiger partial charge in [-0.05, 0) is 38.1 Å². The molecule has 10 heteroatoms. The Hall–Kier alpha value is -3.66. The molecular weight excluding hydrogens is 433 g/mol. The van der Waals surface area contributed by atoms with E-state index in [9.17, 15) is 9.18 Å². The first-order chi connectivity index (χ1) is 15.5. The Bertz CT molecular complexity index is 1210. The van der Waals surface area contributed by atoms with Gasteiger partial charge in [0, 0.05) is 11.8 Å². The van der Waals surface area contributed by atoms with E-state index in [1.807, 2.05) is 30.3 Å². The number of thioether (sulfide) groups is 1. The molecule has 1 amide bonds. The van der Waals surface area contributed by atoms with Crippen LogP contribution in [0, 0.1) is 12.7 Å². The fourth-order valence-electron chi connectivity index (χ4n) is 2.87. The van der Waals surface area contributed by atoms with Gasteiger partial charge < -0.3 is 9.26 Å². The molecule has 0 aliphatic heterocycles. The second-order valence-electron chi connectivity index (χ2n) is 6.87. The maximum absolute atomic E-state index is 13.9. The number of benzene rings is 2. The van der Waals surface area contributed by atoms with Crippen molar-refractivity contribution in [2.45, 2.75) is 30.9 Å². The number of halogens is 1. The zero-order chi connectivity index (χ0) is 22.5. The zero-order valence-corrected chi connectivity index (χ0v) is 18.2. The van der Waals surface area contributed by atoms with Gasteiger partial charge in [0.15, 0.2) is 22.5 Å². The minimum absolute atomic E-state index is 0.00130. The summed E-state index contributed by atoms with van der Waals surface area (Å²) < 4.78 is 26.4. The summed E-state index contributed by atoms with van der Waals surface area (Å²) in [6.45, 7) is 3.52. The number of nitrogens with one attached hydrogen (secondary N) is 1. The van der Waals surface area contributed by atoms with E-state index in [2.05, 4.69) is 20.7 Å². The molecule has 164 valence electrons. The number of amides is 1. The SMILES string of the molecule is Cc1cc(NC(=O)[C@H](C)Sc2nnc(COc3ccccc3F)n2-c2ccccc2)on1. The number of nitrogens with zero attached hydrogens (tertiary/aromatic N) is 4. The number of hydrogen-bond donors (Lipinski definition) is 1. The van der Waals surface area contributed by atoms with Crippen molar-refractivity contribution in [1.29, 1.82) is 0 Å². The van der Waals surface area contributed by atoms with Gasteiger partial charge in [-0.25, -0.2) is 4.39 Å². The maximum atomic E-state index is 13.9. The first-order valence-electron chi connectivity index (χ1n) is 9.79. The Morgan fingerprint density at radius 3 is 2.66 bits per heavy atom. The molecule has 0 unspecified atom stereocenters. The second kappa shape index (κ2) is 9.65. The highest BCUT2D eigenvalue weighted by molar-refractivity contribution is 8.00. The van der Waals surface area contributed by atoms with Crippen molar-refractivity contribution in [3.05, 3.63) is 78.0 Å². The van der Waals surface area contributed by atoms with Gasteiger partial charge in [0.2, 0.25) is 11.8 Å². The molecule has 0 saturated carbocycles. The van der Waals surface area contributed by atoms with Crippen molar-refractivity contribution in [3.63, 3.8) is 0 Å². The number of ether oxygens (including phenoxy) is 1. The summed E-state index contributed by atoms with van der Waals surface area (Å²) in [5.41, 5.74) is 1.47. The van der Waals surface area contributed by atoms with Crippen LogP contribution in [0.2, 0.25) is 0 Å². The van der Waals surface area contributed by atoms with Crippen molar-refractivity contribution in [2.24, 2.45) is 0 Å². The first kappa shape index (κ1) is 21.6. The van der Waals surface area contributed by atoms with Gasteiger partial charge in [-0.2, -0.15) is 0 Å². The number of para-hydroxylation sites is 2. The molecule has 0 saturated heterocycles. The van der Waals surface area contributed by atoms with Gasteiger partial charge in [-0.1, -0.05) is 47.3 Å². The molecule has 4 aromatic rings. The second-order valence-corrected chi connectivity index (χ2v) is 8.18. The van der Waals surface area contributed by atoms with Crippen molar-refractivity contribution in [2.75, 3.05) is 5.32 Å². The van der Waals surface area contributed by atoms with E-state index in [0.29, 0.717) is 16.7 Å². The standard InChI is InChI=1S/C22H20FN5O3S/c1-14-12-20(31-27-14)24-21(29)15(2)32-22-26-25-19(28(22)16-8-4-3-5-9-16)13-30-18-11-7-6-10-17(18)23/h3-12,15H,13H2,1-2H3,(H,24,29)/t15-/m0/s1. The Morgan fingerprint density at radius 2 is 1.94 bits per heavy atom. The molecule has 0 bridgehead atoms. The van der Waals surface area contributed by atoms with Gasteiger partial charge in [-0.3, -0.25) is 14.7 Å². The molecule has 32 heavy (non-hydrogen) atoms. The molecular formula is C22H20FN5O3S. The van der Waals surface area contributed by atoms with Crippen LogP contribution in [0.15, 0.2) is 70.3 Å². The number of aromatic nitrogens is 4. The van der Waals surface area contributed by atoms with Crippen LogP contribution in [0.4, 0.5) is 10.3 Å². The molecule has 0 fully saturated rings. The van der Waals surface area contributed by atoms with Crippen molar-refractivity contribution >= 4 is 23.6 Å². The van der Waals surface area contributed by atoms with Crippen LogP contribution in [-0.2, 0) is 11.4 Å². The van der Waals surface area contributed by atoms with E-state index in [1.165, 1.54) is 17.8 Å². The average Bonchev–Trinajstić information content (AvgIpc) is 3.39. The number of hydrogen-bond acceptors (Lipinski definition) is 7. The summed E-state index contributed by atoms with van der Waals surface area (Å²) in [5, 5.41) is 14.9. The van der Waals surface area contributed by atoms with Crippen molar-refractivity contribution in [3.8, 4) is 11.4 Å². The molecule has 2 aromatic heterocycles. The van der Waals surface area contributed by atoms with Crippen LogP contribution < -0.4 is 10.1 Å². The average molecular weight is 453 g/mol. The lowest BCUT2D eigenvalue weighted by Crippen LogP contribution is -2.22. The van der Waals surface area contributed by atoms with Crippen LogP contribution in [0.1, 0.15) is 18.4 Å². The third kappa shape index (κ3) is 4.97. The van der Waals surface area contributed by atoms with Crippen LogP contribution in [0.25, 0.3) is 5.69 Å². The van der Waals surface area contributed by atoms with Gasteiger partial charge >= 0.3 is 0 Å². The van der Waals surface area contributed by atoms with E-state index < -0.39 is 11.1 Å². The van der Waals surface area contributed by atoms with Crippen molar-refractivity contribution in [1.82, 2.24) is 19.9 Å². The van der Waals surface area contributed by atoms with Gasteiger partial charge in [0.1, 0.15) is 6.61 Å². The fraction of sp³-hybridized carbons (Fsp3) is 0.182. The maximum Gasteiger partial charge on any atom is 0.240 e. The van der Waals surface area contributed by atoms with Crippen LogP contribution in [0.3, 0.4) is 0 Å². The topological polar surface area (TPSA) is 95.1 Å². The lowest BCUT2D eigenvalue weighted by molar-refractivity contribution is -0.115. The van der Waals surface area contributed by atoms with E-state index in [1.54, 1.807) is 42.7 Å². The smallest absolute Gasteiger partial charge is 0.240 e. The summed E-state index contributed by atoms with van der Waals surface area (Å²) in [6.07, 6.45) is 0. The molecule has 1 atom stereocenters. The van der Waals surface area contributed by atoms with E-state index in [4.69, 9.17) is 9.26 Å². The summed E-state index contributed by atoms with van der Waals surface area (Å²) in [5.74, 6) is 0.155. The number of rotatable bonds is 8. The zero-order valence-electron chi connectivity index (χ0n) is 17.4. The van der Waals surface area contributed by atoms with Crippen LogP contribution in [-0.4, -0.2) is 31.1 Å². The van der Waals surface area contributed by atoms with Crippen LogP contribution in [0.5, 0.6) is 5.75 Å². The Kier molecular flexibility index (Phi) is 6.50. The molecule has 0 aliphatic rings. The van der Waals surface area contributed by atoms with E-state index >= 15 is 0 Å². The number of aryl methyl sites for hydroxylation is 1. The Labute approximate surface area is 187 Å². The first-order valence-corrected chi connectivity index (χ1v) is 10.7. The lowest BCUT2D eigenvalue weighted by atomic mass is 10.3. The molecule has 0 radical (unpaired) electrons. The minimum atomic E-state index is -0.507. The van der Waals surface area contributed by atoms with Gasteiger partial charge in [0.25, 0.3) is 0 Å².